The first-order valence-electron chi connectivity index (χ1n) is 19.8. The predicted octanol–water partition coefficient (Wildman–Crippen LogP) is 2.99. The summed E-state index contributed by atoms with van der Waals surface area (Å²) in [5, 5.41) is 74.2. The van der Waals surface area contributed by atoms with Crippen LogP contribution in [0.15, 0.2) is 12.2 Å². The molecule has 0 bridgehead atoms. The van der Waals surface area contributed by atoms with Gasteiger partial charge in [-0.05, 0) is 117 Å². The van der Waals surface area contributed by atoms with Gasteiger partial charge in [0.1, 0.15) is 36.6 Å². The van der Waals surface area contributed by atoms with E-state index in [1.807, 2.05) is 0 Å². The molecular formula is C40H64O12. The smallest absolute Gasteiger partial charge is 0.309 e. The lowest BCUT2D eigenvalue weighted by Crippen LogP contribution is -2.68. The molecule has 12 nitrogen and oxygen atoms in total. The molecule has 7 rings (SSSR count). The number of fused-ring (bicyclic) bond motifs is 7. The van der Waals surface area contributed by atoms with Crippen molar-refractivity contribution in [2.75, 3.05) is 19.8 Å². The van der Waals surface area contributed by atoms with E-state index in [0.29, 0.717) is 24.7 Å². The van der Waals surface area contributed by atoms with E-state index >= 15 is 0 Å². The Morgan fingerprint density at radius 2 is 1.42 bits per heavy atom. The van der Waals surface area contributed by atoms with Crippen LogP contribution >= 0.6 is 0 Å². The van der Waals surface area contributed by atoms with Crippen molar-refractivity contribution in [3.05, 3.63) is 12.2 Å². The van der Waals surface area contributed by atoms with Gasteiger partial charge < -0.3 is 54.7 Å². The first-order valence-corrected chi connectivity index (χ1v) is 19.8. The highest BCUT2D eigenvalue weighted by atomic mass is 16.7. The van der Waals surface area contributed by atoms with Crippen molar-refractivity contribution < 1.29 is 59.5 Å². The fourth-order valence-corrected chi connectivity index (χ4v) is 14.0. The average molecular weight is 737 g/mol. The van der Waals surface area contributed by atoms with Crippen LogP contribution in [0.1, 0.15) is 98.8 Å². The summed E-state index contributed by atoms with van der Waals surface area (Å²) in [7, 11) is 0. The molecule has 0 aromatic heterocycles. The lowest BCUT2D eigenvalue weighted by Gasteiger charge is -2.73. The summed E-state index contributed by atoms with van der Waals surface area (Å²) in [4.78, 5) is 13.0. The molecule has 12 heteroatoms. The number of carbonyl (C=O) groups is 1. The number of allylic oxidation sites excluding steroid dienone is 1. The van der Waals surface area contributed by atoms with Gasteiger partial charge in [-0.15, -0.1) is 0 Å². The van der Waals surface area contributed by atoms with E-state index in [1.54, 1.807) is 0 Å². The van der Waals surface area contributed by atoms with Gasteiger partial charge in [-0.2, -0.15) is 0 Å². The number of aliphatic hydroxyl groups excluding tert-OH is 6. The molecule has 0 aromatic carbocycles. The first-order chi connectivity index (χ1) is 24.4. The van der Waals surface area contributed by atoms with E-state index in [4.69, 9.17) is 18.9 Å². The highest BCUT2D eigenvalue weighted by Gasteiger charge is 2.72. The monoisotopic (exact) mass is 736 g/mol. The number of carboxylic acid groups (broad SMARTS) is 1. The zero-order chi connectivity index (χ0) is 37.8. The summed E-state index contributed by atoms with van der Waals surface area (Å²) in [5.74, 6) is 0.502. The van der Waals surface area contributed by atoms with E-state index in [9.17, 15) is 40.5 Å². The molecule has 0 spiro atoms. The number of aliphatic carboxylic acids is 1. The Labute approximate surface area is 307 Å². The van der Waals surface area contributed by atoms with Crippen LogP contribution in [0, 0.1) is 56.7 Å². The summed E-state index contributed by atoms with van der Waals surface area (Å²) < 4.78 is 24.0. The maximum absolute atomic E-state index is 13.0. The number of aliphatic hydroxyl groups is 6. The van der Waals surface area contributed by atoms with Crippen LogP contribution in [-0.2, 0) is 23.7 Å². The van der Waals surface area contributed by atoms with E-state index in [1.165, 1.54) is 0 Å². The van der Waals surface area contributed by atoms with Crippen molar-refractivity contribution in [1.29, 1.82) is 0 Å². The maximum Gasteiger partial charge on any atom is 0.309 e. The van der Waals surface area contributed by atoms with Crippen LogP contribution in [0.2, 0.25) is 0 Å². The van der Waals surface area contributed by atoms with Gasteiger partial charge in [-0.25, -0.2) is 0 Å². The van der Waals surface area contributed by atoms with Crippen molar-refractivity contribution in [2.45, 2.75) is 154 Å². The van der Waals surface area contributed by atoms with Gasteiger partial charge >= 0.3 is 5.97 Å². The highest BCUT2D eigenvalue weighted by molar-refractivity contribution is 5.76. The van der Waals surface area contributed by atoms with Crippen molar-refractivity contribution in [3.8, 4) is 0 Å². The molecule has 0 unspecified atom stereocenters. The second kappa shape index (κ2) is 13.5. The molecule has 52 heavy (non-hydrogen) atoms. The largest absolute Gasteiger partial charge is 0.481 e. The highest BCUT2D eigenvalue weighted by Crippen LogP contribution is 2.77. The fraction of sp³-hybridized carbons (Fsp3) is 0.925. The average Bonchev–Trinajstić information content (AvgIpc) is 3.51. The van der Waals surface area contributed by atoms with Crippen LogP contribution in [0.5, 0.6) is 0 Å². The standard InChI is InChI=1S/C40H64O12/c1-20(2)21-9-14-40(35(47)48)16-15-38(5)22(28(21)40)7-8-26-36(3)12-11-27(37(4,19-41)25(36)10-13-39(26,38)6)51-34-32(30(45)24(43)18-50-34)52-33-31(46)29(44)23(42)17-49-33/h21-34,41-46H,1,7-19H2,2-6H3,(H,47,48)/t21-,22+,23+,24-,25+,26+,27-,28+,29-,30-,31+,32+,33-,34-,36-,37-,38+,39+,40-/m0/s1. The lowest BCUT2D eigenvalue weighted by molar-refractivity contribution is -0.359. The number of rotatable bonds is 7. The van der Waals surface area contributed by atoms with Crippen molar-refractivity contribution in [1.82, 2.24) is 0 Å². The predicted molar refractivity (Wildman–Crippen MR) is 187 cm³/mol. The van der Waals surface area contributed by atoms with Crippen LogP contribution in [-0.4, -0.2) is 117 Å². The summed E-state index contributed by atoms with van der Waals surface area (Å²) >= 11 is 0. The van der Waals surface area contributed by atoms with E-state index in [2.05, 4.69) is 41.2 Å². The minimum absolute atomic E-state index is 0.0112. The van der Waals surface area contributed by atoms with Gasteiger partial charge in [0.15, 0.2) is 12.6 Å². The van der Waals surface area contributed by atoms with Crippen LogP contribution in [0.4, 0.5) is 0 Å². The molecule has 0 radical (unpaired) electrons. The Balaban J connectivity index is 1.13. The topological polar surface area (TPSA) is 196 Å². The van der Waals surface area contributed by atoms with Gasteiger partial charge in [0.05, 0.1) is 31.3 Å². The van der Waals surface area contributed by atoms with Gasteiger partial charge in [-0.1, -0.05) is 39.8 Å². The minimum Gasteiger partial charge on any atom is -0.481 e. The number of hydrogen-bond donors (Lipinski definition) is 7. The molecule has 7 N–H and O–H groups in total. The SMILES string of the molecule is C=C(C)[C@@H]1CC[C@]2(C(=O)O)CC[C@]3(C)[C@H](CC[C@@H]4[C@@]5(C)CC[C@H](O[C@@H]6OC[C@H](O)[C@H](O)[C@H]6O[C@@H]6OC[C@@H](O)[C@H](O)[C@H]6O)[C@@](C)(CO)[C@@H]5CC[C@]43C)[C@@H]12. The van der Waals surface area contributed by atoms with Gasteiger partial charge in [0, 0.05) is 5.41 Å². The second-order valence-corrected chi connectivity index (χ2v) is 19.1. The van der Waals surface area contributed by atoms with Crippen LogP contribution in [0.3, 0.4) is 0 Å². The molecule has 0 aromatic rings. The Morgan fingerprint density at radius 3 is 2.08 bits per heavy atom. The maximum atomic E-state index is 13.0. The van der Waals surface area contributed by atoms with Crippen molar-refractivity contribution in [2.24, 2.45) is 56.7 Å². The van der Waals surface area contributed by atoms with E-state index in [0.717, 1.165) is 56.9 Å². The van der Waals surface area contributed by atoms with Crippen molar-refractivity contribution >= 4 is 5.97 Å². The second-order valence-electron chi connectivity index (χ2n) is 19.1. The molecule has 0 amide bonds. The molecule has 296 valence electrons. The minimum atomic E-state index is -1.60. The molecule has 2 heterocycles. The molecule has 7 aliphatic rings. The zero-order valence-electron chi connectivity index (χ0n) is 31.7. The molecular weight excluding hydrogens is 672 g/mol. The molecule has 5 saturated carbocycles. The normalized spacial score (nSPS) is 56.1. The number of carboxylic acids is 1. The summed E-state index contributed by atoms with van der Waals surface area (Å²) in [5.41, 5.74) is -0.377. The molecule has 2 aliphatic heterocycles. The zero-order valence-corrected chi connectivity index (χ0v) is 31.7. The Hall–Kier alpha value is -1.19. The fourth-order valence-electron chi connectivity index (χ4n) is 14.0. The van der Waals surface area contributed by atoms with Gasteiger partial charge in [0.25, 0.3) is 0 Å². The third-order valence-electron chi connectivity index (χ3n) is 17.1. The number of ether oxygens (including phenoxy) is 4. The molecule has 7 fully saturated rings. The number of hydrogen-bond acceptors (Lipinski definition) is 11. The van der Waals surface area contributed by atoms with Crippen molar-refractivity contribution in [3.63, 3.8) is 0 Å². The van der Waals surface area contributed by atoms with Gasteiger partial charge in [0.2, 0.25) is 0 Å². The Kier molecular flexibility index (Phi) is 10.1. The molecule has 2 saturated heterocycles. The molecule has 19 atom stereocenters. The quantitative estimate of drug-likeness (QED) is 0.149. The van der Waals surface area contributed by atoms with Crippen LogP contribution in [0.25, 0.3) is 0 Å². The molecule has 5 aliphatic carbocycles. The van der Waals surface area contributed by atoms with Crippen LogP contribution < -0.4 is 0 Å². The Bertz CT molecular complexity index is 1380. The first kappa shape index (κ1) is 39.1. The van der Waals surface area contributed by atoms with E-state index < -0.39 is 72.1 Å². The third-order valence-corrected chi connectivity index (χ3v) is 17.1. The summed E-state index contributed by atoms with van der Waals surface area (Å²) in [6.45, 7) is 15.3. The third kappa shape index (κ3) is 5.47. The Morgan fingerprint density at radius 1 is 0.750 bits per heavy atom. The van der Waals surface area contributed by atoms with E-state index in [-0.39, 0.29) is 53.8 Å². The summed E-state index contributed by atoms with van der Waals surface area (Å²) in [6.07, 6.45) is -2.88. The lowest BCUT2D eigenvalue weighted by atomic mass is 9.32. The summed E-state index contributed by atoms with van der Waals surface area (Å²) in [6, 6.07) is 0. The van der Waals surface area contributed by atoms with Gasteiger partial charge in [-0.3, -0.25) is 4.79 Å².